The number of anilines is 4. The Hall–Kier alpha value is -3.68. The smallest absolute Gasteiger partial charge is 0.224 e. The van der Waals surface area contributed by atoms with E-state index in [9.17, 15) is 19.2 Å². The van der Waals surface area contributed by atoms with Crippen molar-refractivity contribution >= 4 is 46.4 Å². The van der Waals surface area contributed by atoms with E-state index in [0.29, 0.717) is 17.8 Å². The van der Waals surface area contributed by atoms with Crippen molar-refractivity contribution in [3.05, 3.63) is 48.5 Å². The summed E-state index contributed by atoms with van der Waals surface area (Å²) in [5.41, 5.74) is 2.74. The van der Waals surface area contributed by atoms with Gasteiger partial charge in [-0.1, -0.05) is 0 Å². The lowest BCUT2D eigenvalue weighted by Gasteiger charge is -2.15. The van der Waals surface area contributed by atoms with E-state index in [1.807, 2.05) is 0 Å². The first-order valence-corrected chi connectivity index (χ1v) is 9.96. The summed E-state index contributed by atoms with van der Waals surface area (Å²) in [4.78, 5) is 50.0. The second-order valence-corrected chi connectivity index (χ2v) is 7.20. The first kappa shape index (κ1) is 23.6. The molecule has 0 fully saturated rings. The fourth-order valence-electron chi connectivity index (χ4n) is 2.76. The molecule has 31 heavy (non-hydrogen) atoms. The van der Waals surface area contributed by atoms with E-state index < -0.39 is 0 Å². The van der Waals surface area contributed by atoms with E-state index in [0.717, 1.165) is 11.4 Å². The summed E-state index contributed by atoms with van der Waals surface area (Å²) in [6.45, 7) is 2.96. The molecule has 0 saturated carbocycles. The maximum absolute atomic E-state index is 12.1. The molecule has 0 bridgehead atoms. The van der Waals surface area contributed by atoms with Gasteiger partial charge in [0, 0.05) is 63.5 Å². The topological polar surface area (TPSA) is 98.8 Å². The summed E-state index contributed by atoms with van der Waals surface area (Å²) >= 11 is 0. The van der Waals surface area contributed by atoms with Gasteiger partial charge in [-0.15, -0.1) is 0 Å². The molecule has 164 valence electrons. The number of amides is 4. The zero-order valence-corrected chi connectivity index (χ0v) is 18.3. The lowest BCUT2D eigenvalue weighted by Crippen LogP contribution is -2.22. The van der Waals surface area contributed by atoms with E-state index in [4.69, 9.17) is 0 Å². The van der Waals surface area contributed by atoms with Gasteiger partial charge < -0.3 is 20.4 Å². The van der Waals surface area contributed by atoms with Crippen LogP contribution in [-0.2, 0) is 19.2 Å². The van der Waals surface area contributed by atoms with Crippen molar-refractivity contribution in [1.29, 1.82) is 0 Å². The van der Waals surface area contributed by atoms with Crippen molar-refractivity contribution in [3.8, 4) is 0 Å². The Morgan fingerprint density at radius 3 is 1.26 bits per heavy atom. The fourth-order valence-corrected chi connectivity index (χ4v) is 2.76. The molecule has 4 amide bonds. The van der Waals surface area contributed by atoms with Crippen LogP contribution in [0.3, 0.4) is 0 Å². The molecule has 0 radical (unpaired) electrons. The van der Waals surface area contributed by atoms with Crippen LogP contribution < -0.4 is 20.4 Å². The first-order chi connectivity index (χ1) is 14.7. The van der Waals surface area contributed by atoms with Crippen molar-refractivity contribution in [2.75, 3.05) is 34.5 Å². The van der Waals surface area contributed by atoms with Gasteiger partial charge >= 0.3 is 0 Å². The molecule has 2 aromatic carbocycles. The molecule has 0 aromatic heterocycles. The van der Waals surface area contributed by atoms with Crippen LogP contribution in [0.15, 0.2) is 48.5 Å². The second kappa shape index (κ2) is 10.9. The Bertz CT molecular complexity index is 862. The summed E-state index contributed by atoms with van der Waals surface area (Å²) in [5.74, 6) is -0.516. The number of benzene rings is 2. The highest BCUT2D eigenvalue weighted by molar-refractivity contribution is 5.95. The Morgan fingerprint density at radius 2 is 0.968 bits per heavy atom. The number of nitrogens with zero attached hydrogens (tertiary/aromatic N) is 2. The van der Waals surface area contributed by atoms with Crippen molar-refractivity contribution in [2.24, 2.45) is 0 Å². The zero-order chi connectivity index (χ0) is 23.0. The van der Waals surface area contributed by atoms with Crippen molar-refractivity contribution in [3.63, 3.8) is 0 Å². The van der Waals surface area contributed by atoms with Gasteiger partial charge in [0.2, 0.25) is 23.6 Å². The summed E-state index contributed by atoms with van der Waals surface area (Å²) in [7, 11) is 3.36. The van der Waals surface area contributed by atoms with Crippen LogP contribution in [-0.4, -0.2) is 37.7 Å². The van der Waals surface area contributed by atoms with Gasteiger partial charge in [0.1, 0.15) is 0 Å². The lowest BCUT2D eigenvalue weighted by atomic mass is 10.2. The van der Waals surface area contributed by atoms with Gasteiger partial charge in [0.05, 0.1) is 0 Å². The highest BCUT2D eigenvalue weighted by Gasteiger charge is 2.09. The third-order valence-electron chi connectivity index (χ3n) is 4.83. The van der Waals surface area contributed by atoms with Crippen LogP contribution in [0.1, 0.15) is 33.1 Å². The normalized spacial score (nSPS) is 10.2. The monoisotopic (exact) mass is 424 g/mol. The van der Waals surface area contributed by atoms with Crippen LogP contribution >= 0.6 is 0 Å². The van der Waals surface area contributed by atoms with Crippen LogP contribution in [0.4, 0.5) is 22.7 Å². The van der Waals surface area contributed by atoms with Gasteiger partial charge in [-0.2, -0.15) is 0 Å². The number of nitrogens with one attached hydrogen (secondary N) is 2. The molecule has 8 nitrogen and oxygen atoms in total. The van der Waals surface area contributed by atoms with E-state index >= 15 is 0 Å². The highest BCUT2D eigenvalue weighted by atomic mass is 16.2. The molecule has 0 heterocycles. The predicted molar refractivity (Wildman–Crippen MR) is 122 cm³/mol. The van der Waals surface area contributed by atoms with E-state index in [-0.39, 0.29) is 36.5 Å². The third kappa shape index (κ3) is 7.26. The number of carbonyl (C=O) groups excluding carboxylic acids is 4. The number of carbonyl (C=O) groups is 4. The number of rotatable bonds is 8. The molecule has 0 spiro atoms. The molecule has 0 aliphatic carbocycles. The third-order valence-corrected chi connectivity index (χ3v) is 4.83. The summed E-state index contributed by atoms with van der Waals surface area (Å²) in [6, 6.07) is 13.9. The maximum Gasteiger partial charge on any atom is 0.224 e. The SMILES string of the molecule is CC(=O)N(C)c1ccc(NC(=O)CCCC(=O)Nc2ccc(N(C)C(C)=O)cc2)cc1. The molecule has 0 saturated heterocycles. The van der Waals surface area contributed by atoms with Gasteiger partial charge in [0.25, 0.3) is 0 Å². The minimum atomic E-state index is -0.183. The molecular weight excluding hydrogens is 396 g/mol. The minimum absolute atomic E-state index is 0.0746. The van der Waals surface area contributed by atoms with Crippen molar-refractivity contribution < 1.29 is 19.2 Å². The van der Waals surface area contributed by atoms with E-state index in [1.54, 1.807) is 62.6 Å². The minimum Gasteiger partial charge on any atom is -0.326 e. The van der Waals surface area contributed by atoms with Gasteiger partial charge in [-0.3, -0.25) is 19.2 Å². The van der Waals surface area contributed by atoms with E-state index in [1.165, 1.54) is 23.6 Å². The van der Waals surface area contributed by atoms with Gasteiger partial charge in [-0.25, -0.2) is 0 Å². The van der Waals surface area contributed by atoms with Crippen molar-refractivity contribution in [2.45, 2.75) is 33.1 Å². The highest BCUT2D eigenvalue weighted by Crippen LogP contribution is 2.18. The maximum atomic E-state index is 12.1. The Balaban J connectivity index is 1.75. The molecule has 0 aliphatic rings. The van der Waals surface area contributed by atoms with E-state index in [2.05, 4.69) is 10.6 Å². The average Bonchev–Trinajstić information content (AvgIpc) is 2.73. The standard InChI is InChI=1S/C23H28N4O4/c1-16(28)26(3)20-12-8-18(9-13-20)24-22(30)6-5-7-23(31)25-19-10-14-21(15-11-19)27(4)17(2)29/h8-15H,5-7H2,1-4H3,(H,24,30)(H,25,31). The number of hydrogen-bond acceptors (Lipinski definition) is 4. The molecule has 0 aliphatic heterocycles. The lowest BCUT2D eigenvalue weighted by molar-refractivity contribution is -0.118. The van der Waals surface area contributed by atoms with Crippen LogP contribution in [0, 0.1) is 0 Å². The molecule has 0 unspecified atom stereocenters. The summed E-state index contributed by atoms with van der Waals surface area (Å²) in [5, 5.41) is 5.56. The van der Waals surface area contributed by atoms with Crippen LogP contribution in [0.5, 0.6) is 0 Å². The van der Waals surface area contributed by atoms with Crippen LogP contribution in [0.2, 0.25) is 0 Å². The molecule has 2 aromatic rings. The average molecular weight is 425 g/mol. The predicted octanol–water partition coefficient (Wildman–Crippen LogP) is 3.40. The summed E-state index contributed by atoms with van der Waals surface area (Å²) in [6.07, 6.45) is 0.837. The molecule has 0 atom stereocenters. The summed E-state index contributed by atoms with van der Waals surface area (Å²) < 4.78 is 0. The molecule has 8 heteroatoms. The Kier molecular flexibility index (Phi) is 8.31. The quantitative estimate of drug-likeness (QED) is 0.678. The molecule has 2 rings (SSSR count). The fraction of sp³-hybridized carbons (Fsp3) is 0.304. The van der Waals surface area contributed by atoms with Gasteiger partial charge in [-0.05, 0) is 55.0 Å². The Morgan fingerprint density at radius 1 is 0.645 bits per heavy atom. The first-order valence-electron chi connectivity index (χ1n) is 9.96. The zero-order valence-electron chi connectivity index (χ0n) is 18.3. The Labute approximate surface area is 182 Å². The molecular formula is C23H28N4O4. The van der Waals surface area contributed by atoms with Crippen LogP contribution in [0.25, 0.3) is 0 Å². The largest absolute Gasteiger partial charge is 0.326 e. The van der Waals surface area contributed by atoms with Gasteiger partial charge in [0.15, 0.2) is 0 Å². The van der Waals surface area contributed by atoms with Crippen molar-refractivity contribution in [1.82, 2.24) is 0 Å². The molecule has 2 N–H and O–H groups in total. The number of hydrogen-bond donors (Lipinski definition) is 2. The second-order valence-electron chi connectivity index (χ2n) is 7.20.